The molecule has 3 nitrogen and oxygen atoms in total. The van der Waals surface area contributed by atoms with E-state index < -0.39 is 14.1 Å². The van der Waals surface area contributed by atoms with Gasteiger partial charge in [0.05, 0.1) is 19.0 Å². The summed E-state index contributed by atoms with van der Waals surface area (Å²) < 4.78 is 19.2. The van der Waals surface area contributed by atoms with Crippen LogP contribution in [0.5, 0.6) is 0 Å². The van der Waals surface area contributed by atoms with Crippen molar-refractivity contribution in [3.8, 4) is 12.3 Å². The summed E-state index contributed by atoms with van der Waals surface area (Å²) in [5.74, 6) is 4.66. The van der Waals surface area contributed by atoms with Crippen LogP contribution in [0.2, 0.25) is 16.6 Å². The highest BCUT2D eigenvalue weighted by Crippen LogP contribution is 2.54. The van der Waals surface area contributed by atoms with Crippen LogP contribution in [0.1, 0.15) is 60.8 Å². The highest BCUT2D eigenvalue weighted by Gasteiger charge is 2.56. The third-order valence-electron chi connectivity index (χ3n) is 7.10. The van der Waals surface area contributed by atoms with E-state index in [-0.39, 0.29) is 5.92 Å². The molecule has 0 N–H and O–H groups in total. The van der Waals surface area contributed by atoms with Gasteiger partial charge in [-0.2, -0.15) is 0 Å². The second-order valence-electron chi connectivity index (χ2n) is 9.27. The standard InChI is InChI=1S/C22H36O3Si/c1-8-18-9-10-22(23-11-12-24-22)21-14-19(13-20(18)21)25-26(15(2)3,16(4)5)17(6)7/h1,14-18,20-21H,9-13H2,2-7H3/t18-,20+,21+/m1/s1. The van der Waals surface area contributed by atoms with Gasteiger partial charge in [0.1, 0.15) is 0 Å². The molecule has 0 aromatic rings. The van der Waals surface area contributed by atoms with E-state index in [1.165, 1.54) is 0 Å². The Morgan fingerprint density at radius 3 is 2.19 bits per heavy atom. The highest BCUT2D eigenvalue weighted by molar-refractivity contribution is 6.77. The maximum atomic E-state index is 6.99. The molecule has 1 saturated carbocycles. The van der Waals surface area contributed by atoms with Gasteiger partial charge in [0, 0.05) is 24.7 Å². The number of ether oxygens (including phenoxy) is 2. The first-order valence-corrected chi connectivity index (χ1v) is 12.5. The lowest BCUT2D eigenvalue weighted by Gasteiger charge is -2.43. The molecule has 4 heteroatoms. The lowest BCUT2D eigenvalue weighted by molar-refractivity contribution is -0.215. The Balaban J connectivity index is 1.90. The van der Waals surface area contributed by atoms with Gasteiger partial charge in [-0.15, -0.1) is 12.3 Å². The Morgan fingerprint density at radius 2 is 1.69 bits per heavy atom. The number of allylic oxidation sites excluding steroid dienone is 1. The molecule has 0 aromatic heterocycles. The van der Waals surface area contributed by atoms with Gasteiger partial charge in [-0.1, -0.05) is 41.5 Å². The Hall–Kier alpha value is -0.763. The molecule has 1 heterocycles. The van der Waals surface area contributed by atoms with E-state index >= 15 is 0 Å². The van der Waals surface area contributed by atoms with Gasteiger partial charge in [-0.25, -0.2) is 0 Å². The van der Waals surface area contributed by atoms with Gasteiger partial charge < -0.3 is 13.9 Å². The van der Waals surface area contributed by atoms with E-state index in [9.17, 15) is 0 Å². The summed E-state index contributed by atoms with van der Waals surface area (Å²) in [4.78, 5) is 0. The molecule has 1 saturated heterocycles. The summed E-state index contributed by atoms with van der Waals surface area (Å²) in [5, 5.41) is 0. The minimum atomic E-state index is -1.94. The average Bonchev–Trinajstić information content (AvgIpc) is 3.20. The molecule has 1 spiro atoms. The lowest BCUT2D eigenvalue weighted by atomic mass is 9.70. The van der Waals surface area contributed by atoms with E-state index in [1.54, 1.807) is 0 Å². The molecule has 2 aliphatic carbocycles. The quantitative estimate of drug-likeness (QED) is 0.469. The Labute approximate surface area is 161 Å². The smallest absolute Gasteiger partial charge is 0.258 e. The zero-order valence-electron chi connectivity index (χ0n) is 17.4. The second-order valence-corrected chi connectivity index (χ2v) is 14.6. The van der Waals surface area contributed by atoms with Crippen LogP contribution in [0.15, 0.2) is 11.8 Å². The number of rotatable bonds is 5. The van der Waals surface area contributed by atoms with Gasteiger partial charge in [0.25, 0.3) is 8.32 Å². The van der Waals surface area contributed by atoms with Crippen LogP contribution in [0.3, 0.4) is 0 Å². The largest absolute Gasteiger partial charge is 0.546 e. The van der Waals surface area contributed by atoms with Gasteiger partial charge in [0.15, 0.2) is 5.79 Å². The number of terminal acetylenes is 1. The van der Waals surface area contributed by atoms with Crippen molar-refractivity contribution < 1.29 is 13.9 Å². The van der Waals surface area contributed by atoms with Crippen LogP contribution < -0.4 is 0 Å². The van der Waals surface area contributed by atoms with Crippen molar-refractivity contribution in [3.05, 3.63) is 11.8 Å². The molecule has 0 radical (unpaired) electrons. The monoisotopic (exact) mass is 376 g/mol. The molecule has 146 valence electrons. The molecule has 0 unspecified atom stereocenters. The number of fused-ring (bicyclic) bond motifs is 2. The van der Waals surface area contributed by atoms with E-state index in [1.807, 2.05) is 0 Å². The van der Waals surface area contributed by atoms with Gasteiger partial charge in [0.2, 0.25) is 0 Å². The summed E-state index contributed by atoms with van der Waals surface area (Å²) >= 11 is 0. The lowest BCUT2D eigenvalue weighted by Crippen LogP contribution is -2.47. The van der Waals surface area contributed by atoms with Crippen LogP contribution in [-0.4, -0.2) is 27.3 Å². The Bertz CT molecular complexity index is 559. The molecule has 26 heavy (non-hydrogen) atoms. The maximum Gasteiger partial charge on any atom is 0.258 e. The molecule has 0 bridgehead atoms. The van der Waals surface area contributed by atoms with Crippen molar-refractivity contribution >= 4 is 8.32 Å². The van der Waals surface area contributed by atoms with Crippen LogP contribution in [0, 0.1) is 30.1 Å². The normalized spacial score (nSPS) is 30.8. The third-order valence-corrected chi connectivity index (χ3v) is 13.1. The molecule has 1 aliphatic heterocycles. The topological polar surface area (TPSA) is 27.7 Å². The van der Waals surface area contributed by atoms with Crippen LogP contribution >= 0.6 is 0 Å². The van der Waals surface area contributed by atoms with E-state index in [4.69, 9.17) is 20.3 Å². The molecule has 0 amide bonds. The van der Waals surface area contributed by atoms with Crippen molar-refractivity contribution in [1.82, 2.24) is 0 Å². The molecule has 2 fully saturated rings. The fraction of sp³-hybridized carbons (Fsp3) is 0.818. The first-order chi connectivity index (χ1) is 12.3. The van der Waals surface area contributed by atoms with Gasteiger partial charge >= 0.3 is 0 Å². The first kappa shape index (κ1) is 20.0. The second kappa shape index (κ2) is 7.34. The average molecular weight is 377 g/mol. The first-order valence-electron chi connectivity index (χ1n) is 10.4. The third kappa shape index (κ3) is 3.06. The summed E-state index contributed by atoms with van der Waals surface area (Å²) in [6.07, 6.45) is 11.0. The minimum Gasteiger partial charge on any atom is -0.546 e. The molecule has 3 aliphatic rings. The summed E-state index contributed by atoms with van der Waals surface area (Å²) in [7, 11) is -1.94. The van der Waals surface area contributed by atoms with Crippen molar-refractivity contribution in [2.45, 2.75) is 83.2 Å². The highest BCUT2D eigenvalue weighted by atomic mass is 28.4. The predicted molar refractivity (Wildman–Crippen MR) is 108 cm³/mol. The van der Waals surface area contributed by atoms with E-state index in [2.05, 4.69) is 53.5 Å². The van der Waals surface area contributed by atoms with Crippen molar-refractivity contribution in [2.24, 2.45) is 17.8 Å². The van der Waals surface area contributed by atoms with E-state index in [0.717, 1.165) is 25.0 Å². The number of hydrogen-bond acceptors (Lipinski definition) is 3. The molecular weight excluding hydrogens is 340 g/mol. The Kier molecular flexibility index (Phi) is 5.64. The van der Waals surface area contributed by atoms with Crippen LogP contribution in [0.4, 0.5) is 0 Å². The molecular formula is C22H36O3Si. The zero-order valence-corrected chi connectivity index (χ0v) is 18.4. The summed E-state index contributed by atoms with van der Waals surface area (Å²) in [6.45, 7) is 15.4. The van der Waals surface area contributed by atoms with Crippen molar-refractivity contribution in [1.29, 1.82) is 0 Å². The molecule has 3 atom stereocenters. The minimum absolute atomic E-state index is 0.230. The van der Waals surface area contributed by atoms with E-state index in [0.29, 0.717) is 41.7 Å². The van der Waals surface area contributed by atoms with Gasteiger partial charge in [-0.3, -0.25) is 0 Å². The fourth-order valence-electron chi connectivity index (χ4n) is 6.00. The number of hydrogen-bond donors (Lipinski definition) is 0. The zero-order chi connectivity index (χ0) is 19.1. The van der Waals surface area contributed by atoms with Crippen LogP contribution in [0.25, 0.3) is 0 Å². The van der Waals surface area contributed by atoms with Crippen LogP contribution in [-0.2, 0) is 13.9 Å². The molecule has 3 rings (SSSR count). The summed E-state index contributed by atoms with van der Waals surface area (Å²) in [6, 6.07) is 0. The SMILES string of the molecule is C#C[C@@H]1CCC2(OCCO2)[C@H]2C=C(O[Si](C(C)C)(C(C)C)C(C)C)C[C@@H]12. The fourth-order valence-corrected chi connectivity index (χ4v) is 11.3. The van der Waals surface area contributed by atoms with Gasteiger partial charge in [-0.05, 0) is 35.0 Å². The maximum absolute atomic E-state index is 6.99. The molecule has 0 aromatic carbocycles. The summed E-state index contributed by atoms with van der Waals surface area (Å²) in [5.41, 5.74) is 1.71. The predicted octanol–water partition coefficient (Wildman–Crippen LogP) is 5.48. The Morgan fingerprint density at radius 1 is 1.12 bits per heavy atom. The van der Waals surface area contributed by atoms with Crippen molar-refractivity contribution in [3.63, 3.8) is 0 Å². The van der Waals surface area contributed by atoms with Crippen molar-refractivity contribution in [2.75, 3.05) is 13.2 Å².